The molecule has 0 aromatic heterocycles. The molecule has 0 saturated heterocycles. The number of rotatable bonds is 7. The van der Waals surface area contributed by atoms with E-state index in [2.05, 4.69) is 29.2 Å². The Labute approximate surface area is 115 Å². The van der Waals surface area contributed by atoms with Gasteiger partial charge in [0.25, 0.3) is 0 Å². The lowest BCUT2D eigenvalue weighted by Gasteiger charge is -2.14. The van der Waals surface area contributed by atoms with Crippen LogP contribution in [-0.2, 0) is 22.6 Å². The van der Waals surface area contributed by atoms with Crippen LogP contribution < -0.4 is 0 Å². The molecule has 0 aliphatic carbocycles. The standard InChI is InChI=1S/C16H23NO2/c1-2-19-16(18)10-4-3-7-11-17-12-14-8-5-6-9-15(14)13-17/h5-6,8-9H,2-4,7,10-13H2,1H3. The van der Waals surface area contributed by atoms with Crippen molar-refractivity contribution >= 4 is 5.97 Å². The van der Waals surface area contributed by atoms with Crippen molar-refractivity contribution in [1.82, 2.24) is 4.90 Å². The van der Waals surface area contributed by atoms with Crippen molar-refractivity contribution in [3.05, 3.63) is 35.4 Å². The number of carbonyl (C=O) groups is 1. The summed E-state index contributed by atoms with van der Waals surface area (Å²) in [6, 6.07) is 8.66. The molecule has 104 valence electrons. The van der Waals surface area contributed by atoms with E-state index in [-0.39, 0.29) is 5.97 Å². The first-order valence-corrected chi connectivity index (χ1v) is 7.24. The highest BCUT2D eigenvalue weighted by Crippen LogP contribution is 2.22. The maximum absolute atomic E-state index is 11.2. The van der Waals surface area contributed by atoms with Crippen LogP contribution >= 0.6 is 0 Å². The van der Waals surface area contributed by atoms with Crippen LogP contribution in [0.2, 0.25) is 0 Å². The molecular formula is C16H23NO2. The van der Waals surface area contributed by atoms with Crippen LogP contribution in [0.15, 0.2) is 24.3 Å². The van der Waals surface area contributed by atoms with Crippen molar-refractivity contribution in [2.75, 3.05) is 13.2 Å². The van der Waals surface area contributed by atoms with E-state index in [1.54, 1.807) is 0 Å². The van der Waals surface area contributed by atoms with Crippen molar-refractivity contribution in [3.63, 3.8) is 0 Å². The molecule has 0 spiro atoms. The number of benzene rings is 1. The van der Waals surface area contributed by atoms with Crippen LogP contribution in [0.1, 0.15) is 43.7 Å². The Balaban J connectivity index is 1.57. The molecule has 1 aromatic carbocycles. The third-order valence-electron chi connectivity index (χ3n) is 3.57. The van der Waals surface area contributed by atoms with Crippen LogP contribution in [0.4, 0.5) is 0 Å². The maximum Gasteiger partial charge on any atom is 0.305 e. The fraction of sp³-hybridized carbons (Fsp3) is 0.562. The van der Waals surface area contributed by atoms with Gasteiger partial charge >= 0.3 is 5.97 Å². The van der Waals surface area contributed by atoms with E-state index in [9.17, 15) is 4.79 Å². The predicted octanol–water partition coefficient (Wildman–Crippen LogP) is 3.13. The number of ether oxygens (including phenoxy) is 1. The Bertz CT molecular complexity index is 392. The van der Waals surface area contributed by atoms with Gasteiger partial charge in [0, 0.05) is 19.5 Å². The van der Waals surface area contributed by atoms with Gasteiger partial charge in [-0.05, 0) is 37.4 Å². The molecule has 3 nitrogen and oxygen atoms in total. The lowest BCUT2D eigenvalue weighted by Crippen LogP contribution is -2.17. The molecule has 0 unspecified atom stereocenters. The Morgan fingerprint density at radius 2 is 1.84 bits per heavy atom. The average Bonchev–Trinajstić information content (AvgIpc) is 2.81. The lowest BCUT2D eigenvalue weighted by molar-refractivity contribution is -0.143. The molecule has 0 saturated carbocycles. The number of hydrogen-bond acceptors (Lipinski definition) is 3. The topological polar surface area (TPSA) is 29.5 Å². The number of esters is 1. The number of carbonyl (C=O) groups excluding carboxylic acids is 1. The molecule has 0 fully saturated rings. The van der Waals surface area contributed by atoms with Gasteiger partial charge in [-0.3, -0.25) is 9.69 Å². The number of fused-ring (bicyclic) bond motifs is 1. The zero-order valence-corrected chi connectivity index (χ0v) is 11.7. The minimum absolute atomic E-state index is 0.0592. The fourth-order valence-corrected chi connectivity index (χ4v) is 2.58. The van der Waals surface area contributed by atoms with E-state index >= 15 is 0 Å². The molecule has 0 radical (unpaired) electrons. The average molecular weight is 261 g/mol. The monoisotopic (exact) mass is 261 g/mol. The van der Waals surface area contributed by atoms with E-state index < -0.39 is 0 Å². The zero-order valence-electron chi connectivity index (χ0n) is 11.7. The Morgan fingerprint density at radius 3 is 2.47 bits per heavy atom. The van der Waals surface area contributed by atoms with Crippen LogP contribution in [0.5, 0.6) is 0 Å². The summed E-state index contributed by atoms with van der Waals surface area (Å²) >= 11 is 0. The summed E-state index contributed by atoms with van der Waals surface area (Å²) in [6.07, 6.45) is 3.77. The summed E-state index contributed by atoms with van der Waals surface area (Å²) in [7, 11) is 0. The Morgan fingerprint density at radius 1 is 1.16 bits per heavy atom. The Hall–Kier alpha value is -1.35. The van der Waals surface area contributed by atoms with Gasteiger partial charge in [0.05, 0.1) is 6.61 Å². The summed E-state index contributed by atoms with van der Waals surface area (Å²) in [5, 5.41) is 0. The summed E-state index contributed by atoms with van der Waals surface area (Å²) in [5.41, 5.74) is 2.93. The predicted molar refractivity (Wildman–Crippen MR) is 75.7 cm³/mol. The molecule has 0 bridgehead atoms. The molecular weight excluding hydrogens is 238 g/mol. The lowest BCUT2D eigenvalue weighted by atomic mass is 10.1. The molecule has 0 N–H and O–H groups in total. The molecule has 3 heteroatoms. The highest BCUT2D eigenvalue weighted by Gasteiger charge is 2.17. The van der Waals surface area contributed by atoms with Crippen LogP contribution in [-0.4, -0.2) is 24.0 Å². The highest BCUT2D eigenvalue weighted by molar-refractivity contribution is 5.69. The van der Waals surface area contributed by atoms with Crippen molar-refractivity contribution in [3.8, 4) is 0 Å². The summed E-state index contributed by atoms with van der Waals surface area (Å²) in [5.74, 6) is -0.0592. The SMILES string of the molecule is CCOC(=O)CCCCCN1Cc2ccccc2C1. The molecule has 1 aromatic rings. The minimum Gasteiger partial charge on any atom is -0.466 e. The molecule has 1 aliphatic rings. The van der Waals surface area contributed by atoms with Gasteiger partial charge in [0.1, 0.15) is 0 Å². The first-order chi connectivity index (χ1) is 9.29. The van der Waals surface area contributed by atoms with Crippen LogP contribution in [0, 0.1) is 0 Å². The number of unbranched alkanes of at least 4 members (excludes halogenated alkanes) is 2. The fourth-order valence-electron chi connectivity index (χ4n) is 2.58. The summed E-state index contributed by atoms with van der Waals surface area (Å²) in [4.78, 5) is 13.7. The third-order valence-corrected chi connectivity index (χ3v) is 3.57. The van der Waals surface area contributed by atoms with E-state index in [0.29, 0.717) is 13.0 Å². The second-order valence-electron chi connectivity index (χ2n) is 5.10. The largest absolute Gasteiger partial charge is 0.466 e. The van der Waals surface area contributed by atoms with E-state index in [1.807, 2.05) is 6.92 Å². The highest BCUT2D eigenvalue weighted by atomic mass is 16.5. The van der Waals surface area contributed by atoms with Crippen molar-refractivity contribution < 1.29 is 9.53 Å². The minimum atomic E-state index is -0.0592. The van der Waals surface area contributed by atoms with Crippen molar-refractivity contribution in [1.29, 1.82) is 0 Å². The van der Waals surface area contributed by atoms with Crippen LogP contribution in [0.3, 0.4) is 0 Å². The van der Waals surface area contributed by atoms with E-state index in [4.69, 9.17) is 4.74 Å². The second kappa shape index (κ2) is 7.29. The third kappa shape index (κ3) is 4.35. The zero-order chi connectivity index (χ0) is 13.5. The van der Waals surface area contributed by atoms with Crippen molar-refractivity contribution in [2.45, 2.75) is 45.7 Å². The van der Waals surface area contributed by atoms with Gasteiger partial charge in [-0.15, -0.1) is 0 Å². The molecule has 2 rings (SSSR count). The molecule has 0 amide bonds. The normalized spacial score (nSPS) is 14.4. The Kier molecular flexibility index (Phi) is 5.40. The molecule has 1 aliphatic heterocycles. The summed E-state index contributed by atoms with van der Waals surface area (Å²) < 4.78 is 4.91. The van der Waals surface area contributed by atoms with Crippen LogP contribution in [0.25, 0.3) is 0 Å². The van der Waals surface area contributed by atoms with Gasteiger partial charge in [0.2, 0.25) is 0 Å². The van der Waals surface area contributed by atoms with Gasteiger partial charge in [-0.2, -0.15) is 0 Å². The first-order valence-electron chi connectivity index (χ1n) is 7.24. The van der Waals surface area contributed by atoms with Gasteiger partial charge < -0.3 is 4.74 Å². The summed E-state index contributed by atoms with van der Waals surface area (Å²) in [6.45, 7) is 5.62. The van der Waals surface area contributed by atoms with Gasteiger partial charge in [-0.1, -0.05) is 30.7 Å². The first kappa shape index (κ1) is 14.1. The molecule has 0 atom stereocenters. The van der Waals surface area contributed by atoms with Gasteiger partial charge in [-0.25, -0.2) is 0 Å². The van der Waals surface area contributed by atoms with E-state index in [0.717, 1.165) is 38.9 Å². The molecule has 1 heterocycles. The maximum atomic E-state index is 11.2. The number of hydrogen-bond donors (Lipinski definition) is 0. The van der Waals surface area contributed by atoms with Gasteiger partial charge in [0.15, 0.2) is 0 Å². The van der Waals surface area contributed by atoms with E-state index in [1.165, 1.54) is 11.1 Å². The smallest absolute Gasteiger partial charge is 0.305 e. The molecule has 19 heavy (non-hydrogen) atoms. The second-order valence-corrected chi connectivity index (χ2v) is 5.10. The quantitative estimate of drug-likeness (QED) is 0.558. The number of nitrogens with zero attached hydrogens (tertiary/aromatic N) is 1. The van der Waals surface area contributed by atoms with Crippen molar-refractivity contribution in [2.24, 2.45) is 0 Å².